The van der Waals surface area contributed by atoms with E-state index in [0.29, 0.717) is 0 Å². The summed E-state index contributed by atoms with van der Waals surface area (Å²) in [6.45, 7) is 7.56. The van der Waals surface area contributed by atoms with Gasteiger partial charge in [0.15, 0.2) is 0 Å². The zero-order valence-electron chi connectivity index (χ0n) is 9.13. The van der Waals surface area contributed by atoms with Crippen LogP contribution in [0.5, 0.6) is 0 Å². The number of piperidine rings is 1. The fraction of sp³-hybridized carbons (Fsp3) is 1.00. The molecule has 0 amide bonds. The molecule has 1 saturated carbocycles. The molecule has 0 bridgehead atoms. The first kappa shape index (κ1) is 9.51. The first-order valence-electron chi connectivity index (χ1n) is 6.05. The molecular weight excluding hydrogens is 158 g/mol. The average Bonchev–Trinajstić information content (AvgIpc) is 2.05. The summed E-state index contributed by atoms with van der Waals surface area (Å²) in [7, 11) is 0. The second-order valence-electron chi connectivity index (χ2n) is 5.01. The predicted octanol–water partition coefficient (Wildman–Crippen LogP) is 2.91. The van der Waals surface area contributed by atoms with Crippen LogP contribution in [0, 0.1) is 11.8 Å². The van der Waals surface area contributed by atoms with E-state index in [4.69, 9.17) is 0 Å². The predicted molar refractivity (Wildman–Crippen MR) is 56.8 cm³/mol. The Labute approximate surface area is 82.5 Å². The summed E-state index contributed by atoms with van der Waals surface area (Å²) in [5.74, 6) is 1.95. The van der Waals surface area contributed by atoms with Gasteiger partial charge in [-0.3, -0.25) is 0 Å². The van der Waals surface area contributed by atoms with Crippen LogP contribution >= 0.6 is 0 Å². The highest BCUT2D eigenvalue weighted by Crippen LogP contribution is 2.32. The van der Waals surface area contributed by atoms with E-state index in [1.807, 2.05) is 0 Å². The van der Waals surface area contributed by atoms with Crippen molar-refractivity contribution in [3.8, 4) is 0 Å². The Morgan fingerprint density at radius 2 is 2.00 bits per heavy atom. The van der Waals surface area contributed by atoms with Gasteiger partial charge in [0, 0.05) is 12.6 Å². The Morgan fingerprint density at radius 1 is 1.23 bits per heavy atom. The van der Waals surface area contributed by atoms with Crippen LogP contribution in [-0.2, 0) is 0 Å². The summed E-state index contributed by atoms with van der Waals surface area (Å²) in [6, 6.07) is 0.974. The van der Waals surface area contributed by atoms with Crippen molar-refractivity contribution in [3.05, 3.63) is 0 Å². The molecule has 2 rings (SSSR count). The van der Waals surface area contributed by atoms with Crippen LogP contribution in [0.25, 0.3) is 0 Å². The molecule has 2 fully saturated rings. The fourth-order valence-corrected chi connectivity index (χ4v) is 2.79. The largest absolute Gasteiger partial charge is 0.300 e. The first-order valence-corrected chi connectivity index (χ1v) is 6.05. The van der Waals surface area contributed by atoms with Gasteiger partial charge in [-0.2, -0.15) is 0 Å². The fourth-order valence-electron chi connectivity index (χ4n) is 2.79. The van der Waals surface area contributed by atoms with Gasteiger partial charge < -0.3 is 4.90 Å². The number of likely N-dealkylation sites (tertiary alicyclic amines) is 1. The topological polar surface area (TPSA) is 3.24 Å². The van der Waals surface area contributed by atoms with Gasteiger partial charge in [0.05, 0.1) is 0 Å². The van der Waals surface area contributed by atoms with Crippen molar-refractivity contribution < 1.29 is 0 Å². The minimum absolute atomic E-state index is 0.973. The van der Waals surface area contributed by atoms with Gasteiger partial charge in [0.25, 0.3) is 0 Å². The molecule has 1 saturated heterocycles. The van der Waals surface area contributed by atoms with E-state index in [1.54, 1.807) is 0 Å². The normalized spacial score (nSPS) is 37.4. The summed E-state index contributed by atoms with van der Waals surface area (Å²) >= 11 is 0. The second-order valence-corrected chi connectivity index (χ2v) is 5.01. The zero-order valence-corrected chi connectivity index (χ0v) is 9.13. The molecule has 0 aromatic rings. The molecule has 0 radical (unpaired) electrons. The summed E-state index contributed by atoms with van der Waals surface area (Å²) in [4.78, 5) is 2.76. The number of hydrogen-bond acceptors (Lipinski definition) is 1. The van der Waals surface area contributed by atoms with Gasteiger partial charge in [-0.15, -0.1) is 0 Å². The minimum Gasteiger partial charge on any atom is -0.300 e. The molecular formula is C12H23N. The third-order valence-corrected chi connectivity index (χ3v) is 4.26. The van der Waals surface area contributed by atoms with E-state index >= 15 is 0 Å². The molecule has 0 unspecified atom stereocenters. The van der Waals surface area contributed by atoms with Gasteiger partial charge in [-0.05, 0) is 37.6 Å². The molecule has 0 spiro atoms. The summed E-state index contributed by atoms with van der Waals surface area (Å²) in [6.07, 6.45) is 7.25. The third kappa shape index (κ3) is 1.90. The molecule has 1 heterocycles. The molecule has 76 valence electrons. The smallest absolute Gasteiger partial charge is 0.00953 e. The lowest BCUT2D eigenvalue weighted by Gasteiger charge is -2.44. The van der Waals surface area contributed by atoms with Crippen LogP contribution in [0.2, 0.25) is 0 Å². The lowest BCUT2D eigenvalue weighted by Crippen LogP contribution is -2.47. The first-order chi connectivity index (χ1) is 6.31. The Bertz CT molecular complexity index is 163. The van der Waals surface area contributed by atoms with E-state index in [2.05, 4.69) is 18.7 Å². The third-order valence-electron chi connectivity index (χ3n) is 4.26. The Morgan fingerprint density at radius 3 is 2.54 bits per heavy atom. The highest BCUT2D eigenvalue weighted by Gasteiger charge is 2.31. The Hall–Kier alpha value is -0.0400. The lowest BCUT2D eigenvalue weighted by atomic mass is 9.82. The second kappa shape index (κ2) is 4.00. The lowest BCUT2D eigenvalue weighted by molar-refractivity contribution is 0.0507. The highest BCUT2D eigenvalue weighted by molar-refractivity contribution is 4.85. The summed E-state index contributed by atoms with van der Waals surface area (Å²) < 4.78 is 0. The van der Waals surface area contributed by atoms with E-state index in [1.165, 1.54) is 45.2 Å². The Kier molecular flexibility index (Phi) is 2.92. The minimum atomic E-state index is 0.973. The number of nitrogens with zero attached hydrogens (tertiary/aromatic N) is 1. The van der Waals surface area contributed by atoms with Crippen LogP contribution in [0.15, 0.2) is 0 Å². The van der Waals surface area contributed by atoms with Gasteiger partial charge in [-0.1, -0.05) is 26.7 Å². The number of rotatable bonds is 2. The van der Waals surface area contributed by atoms with Crippen molar-refractivity contribution in [2.45, 2.75) is 52.0 Å². The molecule has 13 heavy (non-hydrogen) atoms. The van der Waals surface area contributed by atoms with Gasteiger partial charge >= 0.3 is 0 Å². The molecule has 2 aliphatic rings. The highest BCUT2D eigenvalue weighted by atomic mass is 15.2. The van der Waals surface area contributed by atoms with Crippen LogP contribution in [0.3, 0.4) is 0 Å². The van der Waals surface area contributed by atoms with Crippen LogP contribution in [-0.4, -0.2) is 24.0 Å². The molecule has 1 heteroatoms. The van der Waals surface area contributed by atoms with Crippen LogP contribution in [0.4, 0.5) is 0 Å². The molecule has 1 aliphatic carbocycles. The molecule has 0 aromatic carbocycles. The monoisotopic (exact) mass is 181 g/mol. The van der Waals surface area contributed by atoms with Crippen LogP contribution < -0.4 is 0 Å². The van der Waals surface area contributed by atoms with E-state index in [0.717, 1.165) is 17.9 Å². The molecule has 0 N–H and O–H groups in total. The molecule has 0 aromatic heterocycles. The quantitative estimate of drug-likeness (QED) is 0.633. The summed E-state index contributed by atoms with van der Waals surface area (Å²) in [5, 5.41) is 0. The van der Waals surface area contributed by atoms with E-state index in [9.17, 15) is 0 Å². The zero-order chi connectivity index (χ0) is 9.26. The summed E-state index contributed by atoms with van der Waals surface area (Å²) in [5.41, 5.74) is 0. The maximum atomic E-state index is 2.76. The van der Waals surface area contributed by atoms with E-state index < -0.39 is 0 Å². The SMILES string of the molecule is CC[C@H]1CN(C2CCC2)CC[C@@H]1C. The van der Waals surface area contributed by atoms with Gasteiger partial charge in [0.2, 0.25) is 0 Å². The molecule has 1 aliphatic heterocycles. The van der Waals surface area contributed by atoms with Crippen molar-refractivity contribution in [1.29, 1.82) is 0 Å². The van der Waals surface area contributed by atoms with Crippen molar-refractivity contribution in [3.63, 3.8) is 0 Å². The van der Waals surface area contributed by atoms with Crippen molar-refractivity contribution in [2.75, 3.05) is 13.1 Å². The van der Waals surface area contributed by atoms with Gasteiger partial charge in [-0.25, -0.2) is 0 Å². The van der Waals surface area contributed by atoms with Crippen molar-refractivity contribution in [1.82, 2.24) is 4.90 Å². The van der Waals surface area contributed by atoms with Crippen LogP contribution in [0.1, 0.15) is 46.0 Å². The Balaban J connectivity index is 1.86. The average molecular weight is 181 g/mol. The van der Waals surface area contributed by atoms with Crippen molar-refractivity contribution in [2.24, 2.45) is 11.8 Å². The van der Waals surface area contributed by atoms with Gasteiger partial charge in [0.1, 0.15) is 0 Å². The maximum absolute atomic E-state index is 2.76. The van der Waals surface area contributed by atoms with E-state index in [-0.39, 0.29) is 0 Å². The van der Waals surface area contributed by atoms with Crippen molar-refractivity contribution >= 4 is 0 Å². The molecule has 2 atom stereocenters. The maximum Gasteiger partial charge on any atom is 0.00953 e. The number of hydrogen-bond donors (Lipinski definition) is 0. The standard InChI is InChI=1S/C12H23N/c1-3-11-9-13(8-7-10(11)2)12-5-4-6-12/h10-12H,3-9H2,1-2H3/t10-,11-/m0/s1. The molecule has 1 nitrogen and oxygen atoms in total.